The Morgan fingerprint density at radius 1 is 1.19 bits per heavy atom. The minimum Gasteiger partial charge on any atom is -0.748 e. The average Bonchev–Trinajstić information content (AvgIpc) is 2.18. The molecule has 0 aromatic heterocycles. The van der Waals surface area contributed by atoms with Gasteiger partial charge in [-0.05, 0) is 0 Å². The lowest BCUT2D eigenvalue weighted by Crippen LogP contribution is -2.57. The van der Waals surface area contributed by atoms with Gasteiger partial charge >= 0.3 is 0 Å². The largest absolute Gasteiger partial charge is 0.748 e. The number of aliphatic hydroxyl groups excluding tert-OH is 4. The summed E-state index contributed by atoms with van der Waals surface area (Å²) in [6.45, 7) is -2.15. The van der Waals surface area contributed by atoms with Crippen molar-refractivity contribution in [2.45, 2.75) is 11.6 Å². The molecular weight excluding hydrogens is 242 g/mol. The van der Waals surface area contributed by atoms with Crippen molar-refractivity contribution in [1.29, 1.82) is 0 Å². The van der Waals surface area contributed by atoms with E-state index in [-0.39, 0.29) is 6.54 Å². The maximum atomic E-state index is 10.3. The molecule has 0 aromatic rings. The molecule has 5 N–H and O–H groups in total. The molecule has 0 rings (SSSR count). The first-order valence-electron chi connectivity index (χ1n) is 4.48. The third kappa shape index (κ3) is 5.70. The zero-order valence-electron chi connectivity index (χ0n) is 8.53. The molecule has 16 heavy (non-hydrogen) atoms. The lowest BCUT2D eigenvalue weighted by atomic mass is 10.0. The van der Waals surface area contributed by atoms with E-state index in [9.17, 15) is 13.0 Å². The van der Waals surface area contributed by atoms with Crippen LogP contribution in [0.25, 0.3) is 0 Å². The first kappa shape index (κ1) is 15.7. The molecule has 0 bridgehead atoms. The summed E-state index contributed by atoms with van der Waals surface area (Å²) in [6, 6.07) is 0. The number of aliphatic hydroxyl groups is 4. The molecule has 98 valence electrons. The summed E-state index contributed by atoms with van der Waals surface area (Å²) in [7, 11) is -4.54. The van der Waals surface area contributed by atoms with Gasteiger partial charge in [0.25, 0.3) is 0 Å². The fraction of sp³-hybridized carbons (Fsp3) is 1.00. The van der Waals surface area contributed by atoms with Gasteiger partial charge in [-0.1, -0.05) is 0 Å². The number of rotatable bonds is 8. The highest BCUT2D eigenvalue weighted by atomic mass is 32.2. The predicted molar refractivity (Wildman–Crippen MR) is 52.6 cm³/mol. The maximum absolute atomic E-state index is 10.3. The first-order valence-corrected chi connectivity index (χ1v) is 6.05. The van der Waals surface area contributed by atoms with E-state index in [0.717, 1.165) is 0 Å². The zero-order chi connectivity index (χ0) is 12.8. The molecule has 0 saturated carbocycles. The molecule has 1 atom stereocenters. The van der Waals surface area contributed by atoms with Gasteiger partial charge < -0.3 is 30.3 Å². The van der Waals surface area contributed by atoms with Crippen LogP contribution in [-0.4, -0.2) is 77.2 Å². The summed E-state index contributed by atoms with van der Waals surface area (Å²) in [4.78, 5) is 0. The summed E-state index contributed by atoms with van der Waals surface area (Å²) >= 11 is 0. The van der Waals surface area contributed by atoms with Gasteiger partial charge in [-0.15, -0.1) is 0 Å². The van der Waals surface area contributed by atoms with E-state index < -0.39 is 47.3 Å². The minimum atomic E-state index is -4.54. The molecule has 0 amide bonds. The summed E-state index contributed by atoms with van der Waals surface area (Å²) in [5, 5.41) is 38.2. The van der Waals surface area contributed by atoms with Gasteiger partial charge in [0.1, 0.15) is 0 Å². The van der Waals surface area contributed by atoms with E-state index in [4.69, 9.17) is 20.4 Å². The predicted octanol–water partition coefficient (Wildman–Crippen LogP) is -3.80. The third-order valence-corrected chi connectivity index (χ3v) is 2.81. The second-order valence-electron chi connectivity index (χ2n) is 3.51. The van der Waals surface area contributed by atoms with E-state index in [2.05, 4.69) is 5.32 Å². The summed E-state index contributed by atoms with van der Waals surface area (Å²) in [6.07, 6.45) is -1.47. The Morgan fingerprint density at radius 2 is 1.62 bits per heavy atom. The molecule has 0 spiro atoms. The molecule has 0 aliphatic heterocycles. The monoisotopic (exact) mass is 258 g/mol. The van der Waals surface area contributed by atoms with Gasteiger partial charge in [-0.25, -0.2) is 8.42 Å². The van der Waals surface area contributed by atoms with Crippen molar-refractivity contribution in [2.75, 3.05) is 32.1 Å². The Bertz CT molecular complexity index is 279. The Labute approximate surface area is 93.3 Å². The first-order chi connectivity index (χ1) is 7.28. The van der Waals surface area contributed by atoms with Gasteiger partial charge in [0.2, 0.25) is 0 Å². The molecule has 9 heteroatoms. The molecule has 0 heterocycles. The van der Waals surface area contributed by atoms with Crippen LogP contribution < -0.4 is 5.32 Å². The highest BCUT2D eigenvalue weighted by Gasteiger charge is 2.28. The maximum Gasteiger partial charge on any atom is 0.0972 e. The second kappa shape index (κ2) is 6.45. The third-order valence-electron chi connectivity index (χ3n) is 2.02. The number of hydrogen-bond acceptors (Lipinski definition) is 8. The van der Waals surface area contributed by atoms with Crippen LogP contribution >= 0.6 is 0 Å². The molecule has 1 unspecified atom stereocenters. The van der Waals surface area contributed by atoms with Crippen LogP contribution in [0, 0.1) is 0 Å². The van der Waals surface area contributed by atoms with Crippen molar-refractivity contribution >= 4 is 10.1 Å². The topological polar surface area (TPSA) is 150 Å². The Morgan fingerprint density at radius 3 is 1.94 bits per heavy atom. The van der Waals surface area contributed by atoms with Crippen molar-refractivity contribution in [3.05, 3.63) is 0 Å². The van der Waals surface area contributed by atoms with Crippen molar-refractivity contribution in [3.63, 3.8) is 0 Å². The number of hydrogen-bond donors (Lipinski definition) is 5. The Kier molecular flexibility index (Phi) is 6.33. The SMILES string of the molecule is O=S(=O)([O-])CC(O)CNC(CO)(CO)CO. The van der Waals surface area contributed by atoms with E-state index in [0.29, 0.717) is 0 Å². The molecule has 8 nitrogen and oxygen atoms in total. The molecular formula is C7H16NO7S-. The fourth-order valence-corrected chi connectivity index (χ4v) is 1.54. The van der Waals surface area contributed by atoms with E-state index in [1.165, 1.54) is 0 Å². The van der Waals surface area contributed by atoms with Crippen LogP contribution in [0.3, 0.4) is 0 Å². The normalized spacial score (nSPS) is 15.1. The standard InChI is InChI=1S/C7H17NO7S/c9-3-7(4-10,5-11)8-1-6(12)2-16(13,14)15/h6,8-12H,1-5H2,(H,13,14,15)/p-1. The van der Waals surface area contributed by atoms with Crippen LogP contribution in [0.4, 0.5) is 0 Å². The van der Waals surface area contributed by atoms with Crippen molar-refractivity contribution in [3.8, 4) is 0 Å². The van der Waals surface area contributed by atoms with E-state index in [1.54, 1.807) is 0 Å². The number of nitrogens with one attached hydrogen (secondary N) is 1. The fourth-order valence-electron chi connectivity index (χ4n) is 0.947. The Balaban J connectivity index is 4.21. The number of β-amino-alcohol motifs (C(OH)–C–C–N with tert-alkyl or cyclic N) is 1. The molecule has 0 fully saturated rings. The summed E-state index contributed by atoms with van der Waals surface area (Å²) in [5.74, 6) is -0.974. The van der Waals surface area contributed by atoms with Gasteiger partial charge in [0.15, 0.2) is 0 Å². The molecule has 0 aromatic carbocycles. The lowest BCUT2D eigenvalue weighted by Gasteiger charge is -2.30. The van der Waals surface area contributed by atoms with Gasteiger partial charge in [0.05, 0.1) is 47.3 Å². The average molecular weight is 258 g/mol. The smallest absolute Gasteiger partial charge is 0.0972 e. The van der Waals surface area contributed by atoms with Gasteiger partial charge in [0, 0.05) is 6.54 Å². The highest BCUT2D eigenvalue weighted by molar-refractivity contribution is 7.85. The van der Waals surface area contributed by atoms with Gasteiger partial charge in [-0.2, -0.15) is 0 Å². The zero-order valence-corrected chi connectivity index (χ0v) is 9.35. The van der Waals surface area contributed by atoms with Crippen LogP contribution in [0.1, 0.15) is 0 Å². The van der Waals surface area contributed by atoms with Crippen LogP contribution in [0.5, 0.6) is 0 Å². The van der Waals surface area contributed by atoms with Crippen LogP contribution in [0.15, 0.2) is 0 Å². The summed E-state index contributed by atoms with van der Waals surface area (Å²) in [5.41, 5.74) is -1.41. The van der Waals surface area contributed by atoms with Crippen molar-refractivity contribution < 1.29 is 33.4 Å². The molecule has 0 aliphatic rings. The molecule has 0 saturated heterocycles. The van der Waals surface area contributed by atoms with Gasteiger partial charge in [-0.3, -0.25) is 0 Å². The molecule has 0 aliphatic carbocycles. The lowest BCUT2D eigenvalue weighted by molar-refractivity contribution is 0.0342. The Hall–Kier alpha value is -0.290. The van der Waals surface area contributed by atoms with Crippen molar-refractivity contribution in [1.82, 2.24) is 5.32 Å². The van der Waals surface area contributed by atoms with E-state index >= 15 is 0 Å². The molecule has 0 radical (unpaired) electrons. The van der Waals surface area contributed by atoms with Crippen molar-refractivity contribution in [2.24, 2.45) is 0 Å². The minimum absolute atomic E-state index is 0.344. The highest BCUT2D eigenvalue weighted by Crippen LogP contribution is 2.02. The van der Waals surface area contributed by atoms with E-state index in [1.807, 2.05) is 0 Å². The van der Waals surface area contributed by atoms with Crippen LogP contribution in [-0.2, 0) is 10.1 Å². The summed E-state index contributed by atoms with van der Waals surface area (Å²) < 4.78 is 30.8. The van der Waals surface area contributed by atoms with Crippen LogP contribution in [0.2, 0.25) is 0 Å². The quantitative estimate of drug-likeness (QED) is 0.278. The second-order valence-corrected chi connectivity index (χ2v) is 4.96.